The highest BCUT2D eigenvalue weighted by molar-refractivity contribution is 6.59. The minimum atomic E-state index is -0.616. The molecule has 0 radical (unpaired) electrons. The van der Waals surface area contributed by atoms with Gasteiger partial charge in [0.1, 0.15) is 0 Å². The van der Waals surface area contributed by atoms with Gasteiger partial charge in [0, 0.05) is 8.80 Å². The number of halogens is 2. The van der Waals surface area contributed by atoms with E-state index >= 15 is 0 Å². The third kappa shape index (κ3) is 9.85. The highest BCUT2D eigenvalue weighted by atomic mass is 28.3. The van der Waals surface area contributed by atoms with Crippen molar-refractivity contribution >= 4 is 8.80 Å². The van der Waals surface area contributed by atoms with Crippen LogP contribution >= 0.6 is 0 Å². The summed E-state index contributed by atoms with van der Waals surface area (Å²) in [7, 11) is -0.533. The Morgan fingerprint density at radius 1 is 0.784 bits per heavy atom. The Morgan fingerprint density at radius 3 is 1.95 bits per heavy atom. The highest BCUT2D eigenvalue weighted by Gasteiger charge is 2.23. The molecule has 0 amide bonds. The summed E-state index contributed by atoms with van der Waals surface area (Å²) in [6.45, 7) is 6.37. The molecular weight excluding hydrogens is 478 g/mol. The molecule has 1 aliphatic heterocycles. The summed E-state index contributed by atoms with van der Waals surface area (Å²) in [4.78, 5) is 0. The fourth-order valence-electron chi connectivity index (χ4n) is 5.90. The van der Waals surface area contributed by atoms with Gasteiger partial charge in [-0.1, -0.05) is 114 Å². The Bertz CT molecular complexity index is 882. The second-order valence-corrected chi connectivity index (χ2v) is 14.9. The molecule has 1 unspecified atom stereocenters. The Balaban J connectivity index is 1.50. The van der Waals surface area contributed by atoms with E-state index in [1.165, 1.54) is 100 Å². The van der Waals surface area contributed by atoms with E-state index in [4.69, 9.17) is 4.74 Å². The first-order chi connectivity index (χ1) is 18.0. The number of hydrogen-bond donors (Lipinski definition) is 0. The average molecular weight is 529 g/mol. The van der Waals surface area contributed by atoms with Crippen LogP contribution in [0.25, 0.3) is 11.1 Å². The first-order valence-corrected chi connectivity index (χ1v) is 17.7. The van der Waals surface area contributed by atoms with E-state index in [1.54, 1.807) is 0 Å². The Kier molecular flexibility index (Phi) is 13.2. The summed E-state index contributed by atoms with van der Waals surface area (Å²) in [5.74, 6) is -0.830. The van der Waals surface area contributed by atoms with Gasteiger partial charge in [-0.05, 0) is 67.3 Å². The van der Waals surface area contributed by atoms with Gasteiger partial charge in [0.05, 0.1) is 6.10 Å². The van der Waals surface area contributed by atoms with Gasteiger partial charge in [0.2, 0.25) is 0 Å². The van der Waals surface area contributed by atoms with Crippen LogP contribution in [0.2, 0.25) is 18.1 Å². The molecule has 2 aromatic carbocycles. The van der Waals surface area contributed by atoms with E-state index in [9.17, 15) is 8.78 Å². The largest absolute Gasteiger partial charge is 0.485 e. The van der Waals surface area contributed by atoms with Gasteiger partial charge in [0.15, 0.2) is 17.4 Å². The van der Waals surface area contributed by atoms with Gasteiger partial charge in [0.25, 0.3) is 0 Å². The second-order valence-electron chi connectivity index (χ2n) is 11.4. The van der Waals surface area contributed by atoms with E-state index in [-0.39, 0.29) is 11.9 Å². The van der Waals surface area contributed by atoms with E-state index in [0.717, 1.165) is 24.8 Å². The normalized spacial score (nSPS) is 18.6. The lowest BCUT2D eigenvalue weighted by Crippen LogP contribution is -2.20. The van der Waals surface area contributed by atoms with Crippen molar-refractivity contribution in [3.63, 3.8) is 0 Å². The predicted molar refractivity (Wildman–Crippen MR) is 158 cm³/mol. The zero-order valence-electron chi connectivity index (χ0n) is 23.7. The summed E-state index contributed by atoms with van der Waals surface area (Å²) in [6.07, 6.45) is 16.1. The molecule has 206 valence electrons. The number of ether oxygens (including phenoxy) is 1. The van der Waals surface area contributed by atoms with E-state index in [0.29, 0.717) is 11.5 Å². The second kappa shape index (κ2) is 16.3. The number of rotatable bonds is 16. The van der Waals surface area contributed by atoms with Crippen molar-refractivity contribution in [3.05, 3.63) is 53.6 Å². The van der Waals surface area contributed by atoms with Gasteiger partial charge in [-0.3, -0.25) is 0 Å². The standard InChI is InChI=1S/C33H50F2OSi/c1-4-6-8-10-12-14-26(3)36-33-31(34)24-30(25-32(33)35)28-17-15-27(16-18-28)29-19-22-37(23-20-29)21-13-11-9-7-5-2/h15-18,24-26,29,37H,4-14,19-23H2,1-3H3. The van der Waals surface area contributed by atoms with Crippen LogP contribution in [0.4, 0.5) is 8.78 Å². The van der Waals surface area contributed by atoms with E-state index in [1.807, 2.05) is 19.1 Å². The fourth-order valence-corrected chi connectivity index (χ4v) is 9.38. The zero-order chi connectivity index (χ0) is 26.5. The third-order valence-electron chi connectivity index (χ3n) is 8.31. The van der Waals surface area contributed by atoms with Gasteiger partial charge in [-0.15, -0.1) is 0 Å². The first-order valence-electron chi connectivity index (χ1n) is 15.3. The summed E-state index contributed by atoms with van der Waals surface area (Å²) in [5, 5.41) is 0. The molecule has 0 N–H and O–H groups in total. The molecule has 37 heavy (non-hydrogen) atoms. The molecule has 4 heteroatoms. The van der Waals surface area contributed by atoms with Crippen LogP contribution in [0.15, 0.2) is 36.4 Å². The summed E-state index contributed by atoms with van der Waals surface area (Å²) >= 11 is 0. The molecule has 2 aromatic rings. The maximum Gasteiger partial charge on any atom is 0.191 e. The molecule has 1 saturated heterocycles. The van der Waals surface area contributed by atoms with Crippen LogP contribution in [0.1, 0.15) is 116 Å². The third-order valence-corrected chi connectivity index (χ3v) is 11.8. The van der Waals surface area contributed by atoms with Crippen molar-refractivity contribution < 1.29 is 13.5 Å². The minimum Gasteiger partial charge on any atom is -0.485 e. The lowest BCUT2D eigenvalue weighted by atomic mass is 9.92. The monoisotopic (exact) mass is 528 g/mol. The minimum absolute atomic E-state index is 0.199. The molecule has 1 aliphatic rings. The van der Waals surface area contributed by atoms with Gasteiger partial charge in [-0.2, -0.15) is 0 Å². The topological polar surface area (TPSA) is 9.23 Å². The summed E-state index contributed by atoms with van der Waals surface area (Å²) in [5.41, 5.74) is 2.81. The van der Waals surface area contributed by atoms with E-state index < -0.39 is 20.4 Å². The van der Waals surface area contributed by atoms with Gasteiger partial charge < -0.3 is 4.74 Å². The van der Waals surface area contributed by atoms with Crippen LogP contribution in [-0.4, -0.2) is 14.9 Å². The van der Waals surface area contributed by atoms with E-state index in [2.05, 4.69) is 26.0 Å². The van der Waals surface area contributed by atoms with Crippen molar-refractivity contribution in [2.24, 2.45) is 0 Å². The zero-order valence-corrected chi connectivity index (χ0v) is 24.8. The first kappa shape index (κ1) is 29.9. The van der Waals surface area contributed by atoms with Crippen molar-refractivity contribution in [2.75, 3.05) is 0 Å². The van der Waals surface area contributed by atoms with Crippen LogP contribution in [0.5, 0.6) is 5.75 Å². The smallest absolute Gasteiger partial charge is 0.191 e. The summed E-state index contributed by atoms with van der Waals surface area (Å²) < 4.78 is 35.4. The van der Waals surface area contributed by atoms with Crippen molar-refractivity contribution in [3.8, 4) is 16.9 Å². The van der Waals surface area contributed by atoms with Gasteiger partial charge >= 0.3 is 0 Å². The Hall–Kier alpha value is -1.68. The summed E-state index contributed by atoms with van der Waals surface area (Å²) in [6, 6.07) is 15.7. The molecule has 3 rings (SSSR count). The number of unbranched alkanes of at least 4 members (excludes halogenated alkanes) is 8. The molecule has 1 heterocycles. The molecule has 1 fully saturated rings. The molecule has 0 aliphatic carbocycles. The molecule has 0 saturated carbocycles. The highest BCUT2D eigenvalue weighted by Crippen LogP contribution is 2.37. The van der Waals surface area contributed by atoms with Crippen molar-refractivity contribution in [2.45, 2.75) is 134 Å². The van der Waals surface area contributed by atoms with Crippen LogP contribution in [0.3, 0.4) is 0 Å². The molecular formula is C33H50F2OSi. The molecule has 1 nitrogen and oxygen atoms in total. The lowest BCUT2D eigenvalue weighted by molar-refractivity contribution is 0.188. The average Bonchev–Trinajstić information content (AvgIpc) is 2.91. The Morgan fingerprint density at radius 2 is 1.35 bits per heavy atom. The molecule has 1 atom stereocenters. The SMILES string of the molecule is CCCCCCCC(C)Oc1c(F)cc(-c2ccc(C3CC[SiH](CCCCCCC)CC3)cc2)cc1F. The number of benzene rings is 2. The van der Waals surface area contributed by atoms with Crippen LogP contribution in [-0.2, 0) is 0 Å². The van der Waals surface area contributed by atoms with Crippen molar-refractivity contribution in [1.29, 1.82) is 0 Å². The quantitative estimate of drug-likeness (QED) is 0.155. The molecule has 0 spiro atoms. The molecule has 0 aromatic heterocycles. The van der Waals surface area contributed by atoms with Gasteiger partial charge in [-0.25, -0.2) is 8.78 Å². The fraction of sp³-hybridized carbons (Fsp3) is 0.636. The predicted octanol–water partition coefficient (Wildman–Crippen LogP) is 10.8. The number of hydrogen-bond acceptors (Lipinski definition) is 1. The van der Waals surface area contributed by atoms with Crippen LogP contribution < -0.4 is 4.74 Å². The lowest BCUT2D eigenvalue weighted by Gasteiger charge is -2.28. The maximum atomic E-state index is 14.8. The van der Waals surface area contributed by atoms with Crippen LogP contribution in [0, 0.1) is 11.6 Å². The molecule has 0 bridgehead atoms. The van der Waals surface area contributed by atoms with Crippen molar-refractivity contribution in [1.82, 2.24) is 0 Å². The maximum absolute atomic E-state index is 14.8. The Labute approximate surface area is 227 Å².